The maximum Gasteiger partial charge on any atom is 0.213 e. The van der Waals surface area contributed by atoms with Crippen LogP contribution in [-0.4, -0.2) is 68.1 Å². The van der Waals surface area contributed by atoms with E-state index in [-0.39, 0.29) is 11.7 Å². The lowest BCUT2D eigenvalue weighted by atomic mass is 9.86. The molecule has 1 N–H and O–H groups in total. The lowest BCUT2D eigenvalue weighted by Gasteiger charge is -2.45. The molecule has 2 aromatic heterocycles. The zero-order valence-corrected chi connectivity index (χ0v) is 19.6. The first-order valence-electron chi connectivity index (χ1n) is 11.4. The average molecular weight is 473 g/mol. The van der Waals surface area contributed by atoms with E-state index in [2.05, 4.69) is 24.9 Å². The van der Waals surface area contributed by atoms with Gasteiger partial charge >= 0.3 is 0 Å². The molecule has 0 saturated carbocycles. The normalized spacial score (nSPS) is 17.6. The molecule has 1 aromatic carbocycles. The maximum atomic E-state index is 14.7. The third-order valence-electron chi connectivity index (χ3n) is 6.15. The van der Waals surface area contributed by atoms with E-state index in [1.807, 2.05) is 26.0 Å². The molecule has 0 amide bonds. The van der Waals surface area contributed by atoms with Gasteiger partial charge in [-0.2, -0.15) is 5.10 Å². The van der Waals surface area contributed by atoms with Crippen molar-refractivity contribution in [1.29, 1.82) is 0 Å². The van der Waals surface area contributed by atoms with Gasteiger partial charge in [0.15, 0.2) is 0 Å². The van der Waals surface area contributed by atoms with Gasteiger partial charge in [0.1, 0.15) is 29.9 Å². The van der Waals surface area contributed by atoms with Crippen LogP contribution in [-0.2, 0) is 12.1 Å². The number of benzene rings is 1. The Bertz CT molecular complexity index is 1070. The van der Waals surface area contributed by atoms with E-state index in [1.54, 1.807) is 24.1 Å². The van der Waals surface area contributed by atoms with Gasteiger partial charge in [0.2, 0.25) is 5.88 Å². The van der Waals surface area contributed by atoms with Crippen molar-refractivity contribution in [2.45, 2.75) is 45.1 Å². The molecule has 1 aliphatic heterocycles. The summed E-state index contributed by atoms with van der Waals surface area (Å²) in [5, 5.41) is 15.7. The Hall–Kier alpha value is -3.11. The summed E-state index contributed by atoms with van der Waals surface area (Å²) in [5.74, 6) is -0.874. The molecule has 3 aromatic rings. The summed E-state index contributed by atoms with van der Waals surface area (Å²) >= 11 is 0. The number of ether oxygens (including phenoxy) is 1. The van der Waals surface area contributed by atoms with E-state index in [9.17, 15) is 13.9 Å². The smallest absolute Gasteiger partial charge is 0.213 e. The average Bonchev–Trinajstić information content (AvgIpc) is 3.31. The van der Waals surface area contributed by atoms with Gasteiger partial charge in [-0.15, -0.1) is 0 Å². The van der Waals surface area contributed by atoms with Crippen molar-refractivity contribution in [3.05, 3.63) is 66.4 Å². The van der Waals surface area contributed by atoms with E-state index < -0.39 is 23.3 Å². The highest BCUT2D eigenvalue weighted by atomic mass is 19.1. The van der Waals surface area contributed by atoms with Crippen molar-refractivity contribution in [3.8, 4) is 5.88 Å². The zero-order chi connectivity index (χ0) is 24.3. The largest absolute Gasteiger partial charge is 0.475 e. The van der Waals surface area contributed by atoms with Crippen LogP contribution in [0.3, 0.4) is 0 Å². The third-order valence-corrected chi connectivity index (χ3v) is 6.15. The standard InChI is InChI=1S/C24H30F2N6O2/c1-17(2)34-23-7-5-19(13-28-23)30-8-10-31(11-9-30)22(14-32-16-27-15-29-32)24(3,33)20-6-4-18(25)12-21(20)26/h4-7,12-13,15-17,22,33H,8-11,14H2,1-3H3/t22-,24-/m1/s1. The summed E-state index contributed by atoms with van der Waals surface area (Å²) in [6.45, 7) is 8.42. The highest BCUT2D eigenvalue weighted by Crippen LogP contribution is 2.32. The molecule has 0 unspecified atom stereocenters. The van der Waals surface area contributed by atoms with Gasteiger partial charge in [-0.05, 0) is 32.9 Å². The van der Waals surface area contributed by atoms with Crippen LogP contribution < -0.4 is 9.64 Å². The minimum absolute atomic E-state index is 0.0476. The summed E-state index contributed by atoms with van der Waals surface area (Å²) in [6.07, 6.45) is 4.83. The maximum absolute atomic E-state index is 14.7. The second kappa shape index (κ2) is 10.0. The Labute approximate surface area is 197 Å². The number of aromatic nitrogens is 4. The number of aliphatic hydroxyl groups is 1. The highest BCUT2D eigenvalue weighted by molar-refractivity contribution is 5.46. The molecule has 8 nitrogen and oxygen atoms in total. The van der Waals surface area contributed by atoms with Crippen molar-refractivity contribution in [3.63, 3.8) is 0 Å². The number of hydrogen-bond donors (Lipinski definition) is 1. The van der Waals surface area contributed by atoms with Crippen LogP contribution in [0.5, 0.6) is 5.88 Å². The molecule has 0 bridgehead atoms. The molecule has 4 rings (SSSR count). The molecule has 0 aliphatic carbocycles. The van der Waals surface area contributed by atoms with Gasteiger partial charge in [0, 0.05) is 43.9 Å². The first kappa shape index (κ1) is 24.0. The quantitative estimate of drug-likeness (QED) is 0.540. The summed E-state index contributed by atoms with van der Waals surface area (Å²) in [6, 6.07) is 6.60. The van der Waals surface area contributed by atoms with Crippen molar-refractivity contribution in [1.82, 2.24) is 24.6 Å². The lowest BCUT2D eigenvalue weighted by Crippen LogP contribution is -2.58. The molecular weight excluding hydrogens is 442 g/mol. The molecule has 2 atom stereocenters. The minimum atomic E-state index is -1.59. The van der Waals surface area contributed by atoms with Crippen LogP contribution in [0.25, 0.3) is 0 Å². The monoisotopic (exact) mass is 472 g/mol. The fourth-order valence-electron chi connectivity index (χ4n) is 4.39. The van der Waals surface area contributed by atoms with Crippen LogP contribution in [0.1, 0.15) is 26.3 Å². The summed E-state index contributed by atoms with van der Waals surface area (Å²) < 4.78 is 35.4. The molecule has 0 spiro atoms. The Morgan fingerprint density at radius 3 is 2.47 bits per heavy atom. The van der Waals surface area contributed by atoms with Crippen LogP contribution in [0.2, 0.25) is 0 Å². The number of hydrogen-bond acceptors (Lipinski definition) is 7. The second-order valence-corrected chi connectivity index (χ2v) is 8.95. The number of piperazine rings is 1. The zero-order valence-electron chi connectivity index (χ0n) is 19.6. The first-order valence-corrected chi connectivity index (χ1v) is 11.4. The van der Waals surface area contributed by atoms with Crippen LogP contribution in [0.15, 0.2) is 49.2 Å². The molecular formula is C24H30F2N6O2. The van der Waals surface area contributed by atoms with Crippen molar-refractivity contribution in [2.75, 3.05) is 31.1 Å². The number of anilines is 1. The summed E-state index contributed by atoms with van der Waals surface area (Å²) in [4.78, 5) is 12.7. The SMILES string of the molecule is CC(C)Oc1ccc(N2CCN([C@H](Cn3cncn3)[C@](C)(O)c3ccc(F)cc3F)CC2)cn1. The van der Waals surface area contributed by atoms with Gasteiger partial charge in [-0.1, -0.05) is 6.07 Å². The van der Waals surface area contributed by atoms with Crippen molar-refractivity contribution in [2.24, 2.45) is 0 Å². The van der Waals surface area contributed by atoms with E-state index in [0.717, 1.165) is 17.8 Å². The fraction of sp³-hybridized carbons (Fsp3) is 0.458. The lowest BCUT2D eigenvalue weighted by molar-refractivity contribution is -0.0514. The Balaban J connectivity index is 1.51. The Morgan fingerprint density at radius 1 is 1.12 bits per heavy atom. The number of halogens is 2. The van der Waals surface area contributed by atoms with E-state index in [0.29, 0.717) is 38.6 Å². The van der Waals surface area contributed by atoms with Gasteiger partial charge in [0.05, 0.1) is 30.6 Å². The van der Waals surface area contributed by atoms with Crippen LogP contribution in [0.4, 0.5) is 14.5 Å². The van der Waals surface area contributed by atoms with E-state index >= 15 is 0 Å². The van der Waals surface area contributed by atoms with E-state index in [4.69, 9.17) is 4.74 Å². The number of nitrogens with zero attached hydrogens (tertiary/aromatic N) is 6. The van der Waals surface area contributed by atoms with E-state index in [1.165, 1.54) is 12.4 Å². The predicted molar refractivity (Wildman–Crippen MR) is 124 cm³/mol. The molecule has 1 fully saturated rings. The molecule has 1 aliphatic rings. The van der Waals surface area contributed by atoms with Crippen molar-refractivity contribution >= 4 is 5.69 Å². The first-order chi connectivity index (χ1) is 16.2. The predicted octanol–water partition coefficient (Wildman–Crippen LogP) is 2.84. The molecule has 0 radical (unpaired) electrons. The summed E-state index contributed by atoms with van der Waals surface area (Å²) in [7, 11) is 0. The molecule has 10 heteroatoms. The van der Waals surface area contributed by atoms with Crippen molar-refractivity contribution < 1.29 is 18.6 Å². The number of pyridine rings is 1. The molecule has 182 valence electrons. The van der Waals surface area contributed by atoms with Gasteiger partial charge < -0.3 is 14.7 Å². The summed E-state index contributed by atoms with van der Waals surface area (Å²) in [5.41, 5.74) is -0.560. The topological polar surface area (TPSA) is 79.5 Å². The number of rotatable bonds is 8. The minimum Gasteiger partial charge on any atom is -0.475 e. The Kier molecular flexibility index (Phi) is 7.08. The highest BCUT2D eigenvalue weighted by Gasteiger charge is 2.41. The van der Waals surface area contributed by atoms with Gasteiger partial charge in [-0.25, -0.2) is 18.7 Å². The molecule has 1 saturated heterocycles. The van der Waals surface area contributed by atoms with Crippen LogP contribution in [0, 0.1) is 11.6 Å². The Morgan fingerprint density at radius 2 is 1.88 bits per heavy atom. The van der Waals surface area contributed by atoms with Gasteiger partial charge in [-0.3, -0.25) is 9.58 Å². The van der Waals surface area contributed by atoms with Gasteiger partial charge in [0.25, 0.3) is 0 Å². The fourth-order valence-corrected chi connectivity index (χ4v) is 4.39. The second-order valence-electron chi connectivity index (χ2n) is 8.95. The van der Waals surface area contributed by atoms with Crippen LogP contribution >= 0.6 is 0 Å². The molecule has 34 heavy (non-hydrogen) atoms. The molecule has 3 heterocycles. The third kappa shape index (κ3) is 5.34.